The fourth-order valence-electron chi connectivity index (χ4n) is 1.99. The molecule has 1 atom stereocenters. The van der Waals surface area contributed by atoms with E-state index < -0.39 is 0 Å². The van der Waals surface area contributed by atoms with Crippen LogP contribution in [0.15, 0.2) is 0 Å². The van der Waals surface area contributed by atoms with Crippen LogP contribution in [-0.4, -0.2) is 35.7 Å². The first kappa shape index (κ1) is 11.0. The highest BCUT2D eigenvalue weighted by Crippen LogP contribution is 2.22. The molecule has 0 aromatic rings. The van der Waals surface area contributed by atoms with Gasteiger partial charge in [0.2, 0.25) is 0 Å². The number of rotatable bonds is 3. The predicted molar refractivity (Wildman–Crippen MR) is 55.8 cm³/mol. The first-order valence-electron chi connectivity index (χ1n) is 5.40. The molecule has 2 heteroatoms. The Labute approximate surface area is 81.9 Å². The monoisotopic (exact) mass is 185 g/mol. The van der Waals surface area contributed by atoms with Crippen LogP contribution in [0.2, 0.25) is 0 Å². The molecule has 1 N–H and O–H groups in total. The van der Waals surface area contributed by atoms with Crippen molar-refractivity contribution in [2.45, 2.75) is 46.1 Å². The molecule has 0 saturated carbocycles. The summed E-state index contributed by atoms with van der Waals surface area (Å²) in [5.74, 6) is 0. The van der Waals surface area contributed by atoms with E-state index in [0.717, 1.165) is 6.54 Å². The fraction of sp³-hybridized carbons (Fsp3) is 1.00. The largest absolute Gasteiger partial charge is 0.396 e. The summed E-state index contributed by atoms with van der Waals surface area (Å²) in [6, 6.07) is 0.708. The standard InChI is InChI=1S/C11H23NO/c1-10-6-4-5-7-12(10)8-11(2,3)9-13/h10,13H,4-9H2,1-3H3. The smallest absolute Gasteiger partial charge is 0.0494 e. The minimum Gasteiger partial charge on any atom is -0.396 e. The van der Waals surface area contributed by atoms with Crippen molar-refractivity contribution < 1.29 is 5.11 Å². The average molecular weight is 185 g/mol. The van der Waals surface area contributed by atoms with E-state index in [4.69, 9.17) is 0 Å². The molecule has 0 spiro atoms. The third-order valence-electron chi connectivity index (χ3n) is 3.00. The van der Waals surface area contributed by atoms with Gasteiger partial charge in [0.15, 0.2) is 0 Å². The van der Waals surface area contributed by atoms with Crippen LogP contribution >= 0.6 is 0 Å². The molecule has 2 nitrogen and oxygen atoms in total. The predicted octanol–water partition coefficient (Wildman–Crippen LogP) is 1.88. The Morgan fingerprint density at radius 2 is 2.08 bits per heavy atom. The highest BCUT2D eigenvalue weighted by Gasteiger charge is 2.25. The quantitative estimate of drug-likeness (QED) is 0.725. The number of hydrogen-bond donors (Lipinski definition) is 1. The molecule has 0 amide bonds. The van der Waals surface area contributed by atoms with Gasteiger partial charge in [-0.15, -0.1) is 0 Å². The zero-order valence-electron chi connectivity index (χ0n) is 9.21. The van der Waals surface area contributed by atoms with Gasteiger partial charge in [0.1, 0.15) is 0 Å². The molecule has 78 valence electrons. The van der Waals surface area contributed by atoms with Crippen molar-refractivity contribution in [1.29, 1.82) is 0 Å². The van der Waals surface area contributed by atoms with Crippen LogP contribution in [0.25, 0.3) is 0 Å². The van der Waals surface area contributed by atoms with Gasteiger partial charge < -0.3 is 10.0 Å². The molecule has 1 saturated heterocycles. The lowest BCUT2D eigenvalue weighted by Crippen LogP contribution is -2.44. The van der Waals surface area contributed by atoms with Gasteiger partial charge in [-0.1, -0.05) is 20.3 Å². The third kappa shape index (κ3) is 3.28. The Balaban J connectivity index is 2.42. The van der Waals surface area contributed by atoms with Crippen molar-refractivity contribution in [3.63, 3.8) is 0 Å². The summed E-state index contributed by atoms with van der Waals surface area (Å²) in [5.41, 5.74) is 0.0611. The van der Waals surface area contributed by atoms with Crippen molar-refractivity contribution in [3.05, 3.63) is 0 Å². The minimum absolute atomic E-state index is 0.0611. The van der Waals surface area contributed by atoms with Crippen molar-refractivity contribution in [2.24, 2.45) is 5.41 Å². The van der Waals surface area contributed by atoms with Crippen molar-refractivity contribution in [1.82, 2.24) is 4.90 Å². The zero-order chi connectivity index (χ0) is 9.90. The Hall–Kier alpha value is -0.0800. The van der Waals surface area contributed by atoms with Gasteiger partial charge in [-0.05, 0) is 26.3 Å². The highest BCUT2D eigenvalue weighted by atomic mass is 16.3. The second kappa shape index (κ2) is 4.43. The molecular formula is C11H23NO. The maximum absolute atomic E-state index is 9.18. The van der Waals surface area contributed by atoms with Gasteiger partial charge in [-0.3, -0.25) is 0 Å². The summed E-state index contributed by atoms with van der Waals surface area (Å²) < 4.78 is 0. The molecule has 1 rings (SSSR count). The van der Waals surface area contributed by atoms with Crippen molar-refractivity contribution in [3.8, 4) is 0 Å². The van der Waals surface area contributed by atoms with Gasteiger partial charge in [0.05, 0.1) is 0 Å². The number of nitrogens with zero attached hydrogens (tertiary/aromatic N) is 1. The number of aliphatic hydroxyl groups excluding tert-OH is 1. The molecule has 1 aliphatic heterocycles. The maximum atomic E-state index is 9.18. The van der Waals surface area contributed by atoms with E-state index >= 15 is 0 Å². The van der Waals surface area contributed by atoms with E-state index in [1.165, 1.54) is 25.8 Å². The lowest BCUT2D eigenvalue weighted by atomic mass is 9.91. The topological polar surface area (TPSA) is 23.5 Å². The Bertz CT molecular complexity index is 156. The van der Waals surface area contributed by atoms with Crippen LogP contribution in [0.3, 0.4) is 0 Å². The van der Waals surface area contributed by atoms with Gasteiger partial charge in [0, 0.05) is 24.6 Å². The summed E-state index contributed by atoms with van der Waals surface area (Å²) in [6.07, 6.45) is 4.02. The average Bonchev–Trinajstić information content (AvgIpc) is 2.09. The zero-order valence-corrected chi connectivity index (χ0v) is 9.21. The molecule has 1 aliphatic rings. The summed E-state index contributed by atoms with van der Waals surface area (Å²) in [4.78, 5) is 2.51. The number of aliphatic hydroxyl groups is 1. The Morgan fingerprint density at radius 3 is 2.62 bits per heavy atom. The van der Waals surface area contributed by atoms with E-state index in [-0.39, 0.29) is 12.0 Å². The minimum atomic E-state index is 0.0611. The molecule has 0 radical (unpaired) electrons. The molecular weight excluding hydrogens is 162 g/mol. The van der Waals surface area contributed by atoms with Gasteiger partial charge >= 0.3 is 0 Å². The van der Waals surface area contributed by atoms with E-state index in [9.17, 15) is 5.11 Å². The normalized spacial score (nSPS) is 26.3. The highest BCUT2D eigenvalue weighted by molar-refractivity contribution is 4.79. The molecule has 1 heterocycles. The van der Waals surface area contributed by atoms with E-state index in [0.29, 0.717) is 6.04 Å². The molecule has 13 heavy (non-hydrogen) atoms. The summed E-state index contributed by atoms with van der Waals surface area (Å²) >= 11 is 0. The molecule has 1 unspecified atom stereocenters. The lowest BCUT2D eigenvalue weighted by molar-refractivity contribution is 0.0659. The molecule has 1 fully saturated rings. The Kier molecular flexibility index (Phi) is 3.74. The van der Waals surface area contributed by atoms with E-state index in [1.54, 1.807) is 0 Å². The van der Waals surface area contributed by atoms with Crippen LogP contribution in [0.5, 0.6) is 0 Å². The summed E-state index contributed by atoms with van der Waals surface area (Å²) in [5, 5.41) is 9.18. The summed E-state index contributed by atoms with van der Waals surface area (Å²) in [7, 11) is 0. The summed E-state index contributed by atoms with van der Waals surface area (Å²) in [6.45, 7) is 9.10. The number of likely N-dealkylation sites (tertiary alicyclic amines) is 1. The van der Waals surface area contributed by atoms with Crippen molar-refractivity contribution >= 4 is 0 Å². The first-order valence-corrected chi connectivity index (χ1v) is 5.40. The molecule has 0 aromatic heterocycles. The maximum Gasteiger partial charge on any atom is 0.0494 e. The van der Waals surface area contributed by atoms with Crippen LogP contribution in [-0.2, 0) is 0 Å². The Morgan fingerprint density at radius 1 is 1.38 bits per heavy atom. The SMILES string of the molecule is CC1CCCCN1CC(C)(C)CO. The number of piperidine rings is 1. The second-order valence-electron chi connectivity index (χ2n) is 5.14. The van der Waals surface area contributed by atoms with Gasteiger partial charge in [-0.2, -0.15) is 0 Å². The van der Waals surface area contributed by atoms with E-state index in [1.807, 2.05) is 0 Å². The molecule has 0 bridgehead atoms. The second-order valence-corrected chi connectivity index (χ2v) is 5.14. The molecule has 0 aromatic carbocycles. The van der Waals surface area contributed by atoms with E-state index in [2.05, 4.69) is 25.7 Å². The van der Waals surface area contributed by atoms with Crippen LogP contribution in [0.4, 0.5) is 0 Å². The lowest BCUT2D eigenvalue weighted by Gasteiger charge is -2.38. The van der Waals surface area contributed by atoms with Crippen LogP contribution < -0.4 is 0 Å². The first-order chi connectivity index (χ1) is 6.05. The van der Waals surface area contributed by atoms with Crippen LogP contribution in [0.1, 0.15) is 40.0 Å². The number of hydrogen-bond acceptors (Lipinski definition) is 2. The van der Waals surface area contributed by atoms with Gasteiger partial charge in [0.25, 0.3) is 0 Å². The third-order valence-corrected chi connectivity index (χ3v) is 3.00. The van der Waals surface area contributed by atoms with Crippen molar-refractivity contribution in [2.75, 3.05) is 19.7 Å². The van der Waals surface area contributed by atoms with Crippen LogP contribution in [0, 0.1) is 5.41 Å². The van der Waals surface area contributed by atoms with Gasteiger partial charge in [-0.25, -0.2) is 0 Å². The molecule has 0 aliphatic carbocycles. The fourth-order valence-corrected chi connectivity index (χ4v) is 1.99.